The molecular formula is C32H47BrClN3O5. The molecular weight excluding hydrogens is 622 g/mol. The highest BCUT2D eigenvalue weighted by Crippen LogP contribution is 2.25. The van der Waals surface area contributed by atoms with Crippen molar-refractivity contribution in [2.24, 2.45) is 0 Å². The van der Waals surface area contributed by atoms with E-state index in [4.69, 9.17) is 16.7 Å². The molecule has 2 aromatic rings. The van der Waals surface area contributed by atoms with E-state index in [1.807, 2.05) is 0 Å². The van der Waals surface area contributed by atoms with Gasteiger partial charge in [-0.1, -0.05) is 69.2 Å². The Balaban J connectivity index is 0.000000309. The minimum absolute atomic E-state index is 0.0691. The Labute approximate surface area is 263 Å². The lowest BCUT2D eigenvalue weighted by Gasteiger charge is -2.28. The van der Waals surface area contributed by atoms with Crippen LogP contribution in [0.1, 0.15) is 103 Å². The number of aromatic nitrogens is 2. The molecule has 1 aromatic heterocycles. The fourth-order valence-electron chi connectivity index (χ4n) is 4.90. The third-order valence-electron chi connectivity index (χ3n) is 7.36. The van der Waals surface area contributed by atoms with Gasteiger partial charge in [-0.25, -0.2) is 4.98 Å². The van der Waals surface area contributed by atoms with Gasteiger partial charge in [-0.2, -0.15) is 0 Å². The van der Waals surface area contributed by atoms with Gasteiger partial charge in [0.05, 0.1) is 34.9 Å². The molecule has 0 radical (unpaired) electrons. The number of aliphatic hydroxyl groups is 1. The van der Waals surface area contributed by atoms with Crippen LogP contribution in [0.2, 0.25) is 5.02 Å². The van der Waals surface area contributed by atoms with Crippen molar-refractivity contribution in [1.82, 2.24) is 14.9 Å². The lowest BCUT2D eigenvalue weighted by Crippen LogP contribution is -2.46. The van der Waals surface area contributed by atoms with E-state index >= 15 is 0 Å². The normalized spacial score (nSPS) is 16.9. The van der Waals surface area contributed by atoms with Crippen molar-refractivity contribution in [3.8, 4) is 0 Å². The standard InChI is InChI=1S/C16H17BrClN3O3.C16H30O2/c17-11-6-13-10(5-12(11)18)16(24)21(8-20-13)7-9(22)4-14-15(23)2-1-3-19-14;1-2-3-4-5-6-7-8-9-10-11-12-13-14-15-16(17)18/h5-6,8,14-15,19,23H,1-4,7H2;7-8H,2-6,9-15H2,1H3,(H,17,18)/b;8-7-/t14-,15+;/m1./s1. The molecule has 42 heavy (non-hydrogen) atoms. The highest BCUT2D eigenvalue weighted by Gasteiger charge is 2.25. The number of Topliss-reactive ketones (excluding diaryl/α,β-unsaturated/α-hetero) is 1. The minimum atomic E-state index is -0.666. The van der Waals surface area contributed by atoms with Crippen LogP contribution in [0.15, 0.2) is 39.9 Å². The van der Waals surface area contributed by atoms with E-state index in [0.29, 0.717) is 33.2 Å². The molecule has 0 amide bonds. The number of fused-ring (bicyclic) bond motifs is 1. The average molecular weight is 669 g/mol. The number of nitrogens with zero attached hydrogens (tertiary/aromatic N) is 2. The van der Waals surface area contributed by atoms with E-state index in [-0.39, 0.29) is 30.3 Å². The number of aliphatic carboxylic acids is 1. The van der Waals surface area contributed by atoms with E-state index in [1.165, 1.54) is 68.7 Å². The lowest BCUT2D eigenvalue weighted by molar-refractivity contribution is -0.137. The first-order chi connectivity index (χ1) is 20.2. The number of rotatable bonds is 17. The van der Waals surface area contributed by atoms with Crippen molar-refractivity contribution < 1.29 is 19.8 Å². The summed E-state index contributed by atoms with van der Waals surface area (Å²) in [5, 5.41) is 22.3. The summed E-state index contributed by atoms with van der Waals surface area (Å²) in [4.78, 5) is 39.3. The summed E-state index contributed by atoms with van der Waals surface area (Å²) in [6.45, 7) is 2.96. The largest absolute Gasteiger partial charge is 0.481 e. The van der Waals surface area contributed by atoms with Gasteiger partial charge in [0.1, 0.15) is 0 Å². The van der Waals surface area contributed by atoms with E-state index < -0.39 is 12.1 Å². The number of piperidine rings is 1. The average Bonchev–Trinajstić information content (AvgIpc) is 2.95. The molecule has 3 N–H and O–H groups in total. The molecule has 2 atom stereocenters. The zero-order valence-electron chi connectivity index (χ0n) is 24.8. The maximum atomic E-state index is 12.5. The molecule has 1 aromatic carbocycles. The van der Waals surface area contributed by atoms with Crippen molar-refractivity contribution in [3.05, 3.63) is 50.5 Å². The van der Waals surface area contributed by atoms with Gasteiger partial charge >= 0.3 is 5.97 Å². The van der Waals surface area contributed by atoms with Gasteiger partial charge < -0.3 is 15.5 Å². The number of carbonyl (C=O) groups is 2. The Bertz CT molecular complexity index is 1200. The second-order valence-electron chi connectivity index (χ2n) is 11.0. The van der Waals surface area contributed by atoms with Crippen LogP contribution in [0.4, 0.5) is 0 Å². The SMILES string of the molecule is CCCCCC/C=C\CCCCCCCC(=O)O.O=C(C[C@H]1NCCC[C@@H]1O)Cn1cnc2cc(Br)c(Cl)cc2c1=O. The Morgan fingerprint density at radius 2 is 1.76 bits per heavy atom. The fourth-order valence-corrected chi connectivity index (χ4v) is 5.40. The summed E-state index contributed by atoms with van der Waals surface area (Å²) in [6, 6.07) is 2.97. The van der Waals surface area contributed by atoms with Gasteiger partial charge in [-0.3, -0.25) is 19.0 Å². The first-order valence-corrected chi connectivity index (χ1v) is 16.5. The van der Waals surface area contributed by atoms with E-state index in [2.05, 4.69) is 45.3 Å². The van der Waals surface area contributed by atoms with Gasteiger partial charge in [-0.05, 0) is 79.6 Å². The summed E-state index contributed by atoms with van der Waals surface area (Å²) in [7, 11) is 0. The molecule has 0 aliphatic carbocycles. The van der Waals surface area contributed by atoms with Crippen LogP contribution in [0.5, 0.6) is 0 Å². The molecule has 2 heterocycles. The van der Waals surface area contributed by atoms with Gasteiger partial charge in [0.25, 0.3) is 5.56 Å². The molecule has 10 heteroatoms. The second-order valence-corrected chi connectivity index (χ2v) is 12.3. The van der Waals surface area contributed by atoms with Gasteiger partial charge in [0.2, 0.25) is 0 Å². The monoisotopic (exact) mass is 667 g/mol. The summed E-state index contributed by atoms with van der Waals surface area (Å²) < 4.78 is 1.94. The summed E-state index contributed by atoms with van der Waals surface area (Å²) in [5.74, 6) is -0.791. The van der Waals surface area contributed by atoms with Crippen molar-refractivity contribution in [3.63, 3.8) is 0 Å². The van der Waals surface area contributed by atoms with E-state index in [1.54, 1.807) is 12.1 Å². The number of ketones is 1. The first kappa shape index (κ1) is 36.1. The number of allylic oxidation sites excluding steroid dienone is 2. The van der Waals surface area contributed by atoms with Gasteiger partial charge in [0.15, 0.2) is 5.78 Å². The molecule has 1 fully saturated rings. The third-order valence-corrected chi connectivity index (χ3v) is 8.56. The topological polar surface area (TPSA) is 122 Å². The fraction of sp³-hybridized carbons (Fsp3) is 0.625. The lowest BCUT2D eigenvalue weighted by atomic mass is 9.97. The molecule has 0 saturated carbocycles. The molecule has 8 nitrogen and oxygen atoms in total. The number of aliphatic hydroxyl groups excluding tert-OH is 1. The first-order valence-electron chi connectivity index (χ1n) is 15.4. The molecule has 0 spiro atoms. The minimum Gasteiger partial charge on any atom is -0.481 e. The maximum Gasteiger partial charge on any atom is 0.303 e. The summed E-state index contributed by atoms with van der Waals surface area (Å²) in [5.41, 5.74) is 0.212. The second kappa shape index (κ2) is 20.8. The van der Waals surface area contributed by atoms with Crippen molar-refractivity contribution >= 4 is 50.2 Å². The number of hydrogen-bond acceptors (Lipinski definition) is 6. The molecule has 0 unspecified atom stereocenters. The number of carbonyl (C=O) groups excluding carboxylic acids is 1. The van der Waals surface area contributed by atoms with Gasteiger partial charge in [-0.15, -0.1) is 0 Å². The number of benzene rings is 1. The molecule has 1 aliphatic rings. The molecule has 234 valence electrons. The quantitative estimate of drug-likeness (QED) is 0.120. The molecule has 1 aliphatic heterocycles. The van der Waals surface area contributed by atoms with Crippen molar-refractivity contribution in [2.45, 2.75) is 122 Å². The predicted octanol–water partition coefficient (Wildman–Crippen LogP) is 7.21. The zero-order valence-corrected chi connectivity index (χ0v) is 27.2. The van der Waals surface area contributed by atoms with Gasteiger partial charge in [0, 0.05) is 23.4 Å². The summed E-state index contributed by atoms with van der Waals surface area (Å²) in [6.07, 6.45) is 20.9. The number of unbranched alkanes of at least 4 members (excludes halogenated alkanes) is 9. The van der Waals surface area contributed by atoms with Crippen LogP contribution in [0, 0.1) is 0 Å². The smallest absolute Gasteiger partial charge is 0.303 e. The maximum absolute atomic E-state index is 12.5. The number of hydrogen-bond donors (Lipinski definition) is 3. The number of carboxylic acid groups (broad SMARTS) is 1. The Kier molecular flexibility index (Phi) is 17.9. The Morgan fingerprint density at radius 3 is 2.43 bits per heavy atom. The molecule has 1 saturated heterocycles. The summed E-state index contributed by atoms with van der Waals surface area (Å²) >= 11 is 9.33. The van der Waals surface area contributed by atoms with E-state index in [0.717, 1.165) is 25.8 Å². The van der Waals surface area contributed by atoms with Crippen molar-refractivity contribution in [1.29, 1.82) is 0 Å². The Morgan fingerprint density at radius 1 is 1.10 bits per heavy atom. The van der Waals surface area contributed by atoms with Crippen LogP contribution in [-0.4, -0.2) is 50.2 Å². The third kappa shape index (κ3) is 13.9. The van der Waals surface area contributed by atoms with Crippen molar-refractivity contribution in [2.75, 3.05) is 6.54 Å². The zero-order chi connectivity index (χ0) is 30.7. The predicted molar refractivity (Wildman–Crippen MR) is 173 cm³/mol. The molecule has 0 bridgehead atoms. The highest BCUT2D eigenvalue weighted by molar-refractivity contribution is 9.10. The highest BCUT2D eigenvalue weighted by atomic mass is 79.9. The van der Waals surface area contributed by atoms with Crippen LogP contribution >= 0.6 is 27.5 Å². The van der Waals surface area contributed by atoms with Crippen LogP contribution in [-0.2, 0) is 16.1 Å². The molecule has 3 rings (SSSR count). The van der Waals surface area contributed by atoms with E-state index in [9.17, 15) is 19.5 Å². The number of carboxylic acids is 1. The number of halogens is 2. The van der Waals surface area contributed by atoms with Crippen LogP contribution in [0.25, 0.3) is 10.9 Å². The van der Waals surface area contributed by atoms with Crippen LogP contribution in [0.3, 0.4) is 0 Å². The van der Waals surface area contributed by atoms with Crippen LogP contribution < -0.4 is 10.9 Å². The Hall–Kier alpha value is -2.07. The number of nitrogens with one attached hydrogen (secondary N) is 1.